The molecule has 4 rings (SSSR count). The molecule has 1 amide bonds. The van der Waals surface area contributed by atoms with E-state index in [9.17, 15) is 14.3 Å². The van der Waals surface area contributed by atoms with Gasteiger partial charge in [0.2, 0.25) is 5.91 Å². The van der Waals surface area contributed by atoms with Crippen LogP contribution in [0.4, 0.5) is 4.39 Å². The van der Waals surface area contributed by atoms with Crippen molar-refractivity contribution in [1.29, 1.82) is 0 Å². The lowest BCUT2D eigenvalue weighted by Crippen LogP contribution is -2.45. The zero-order valence-electron chi connectivity index (χ0n) is 17.3. The quantitative estimate of drug-likeness (QED) is 0.573. The molecule has 31 heavy (non-hydrogen) atoms. The van der Waals surface area contributed by atoms with Crippen molar-refractivity contribution in [2.45, 2.75) is 43.4 Å². The van der Waals surface area contributed by atoms with E-state index in [0.717, 1.165) is 16.7 Å². The highest BCUT2D eigenvalue weighted by molar-refractivity contribution is 5.83. The summed E-state index contributed by atoms with van der Waals surface area (Å²) in [5.74, 6) is -0.584. The lowest BCUT2D eigenvalue weighted by molar-refractivity contribution is -0.124. The first-order chi connectivity index (χ1) is 14.9. The highest BCUT2D eigenvalue weighted by Crippen LogP contribution is 2.37. The lowest BCUT2D eigenvalue weighted by atomic mass is 9.77. The van der Waals surface area contributed by atoms with E-state index in [4.69, 9.17) is 5.73 Å². The molecule has 1 aliphatic rings. The second kappa shape index (κ2) is 9.00. The smallest absolute Gasteiger partial charge is 0.241 e. The van der Waals surface area contributed by atoms with Crippen LogP contribution in [0.3, 0.4) is 0 Å². The minimum Gasteiger partial charge on any atom is -0.385 e. The maximum Gasteiger partial charge on any atom is 0.241 e. The van der Waals surface area contributed by atoms with Crippen LogP contribution in [0.25, 0.3) is 11.1 Å². The molecule has 1 fully saturated rings. The highest BCUT2D eigenvalue weighted by Gasteiger charge is 2.35. The minimum absolute atomic E-state index is 0.0593. The van der Waals surface area contributed by atoms with Crippen molar-refractivity contribution in [3.05, 3.63) is 95.8 Å². The number of halogens is 1. The van der Waals surface area contributed by atoms with Crippen LogP contribution >= 0.6 is 0 Å². The first-order valence-corrected chi connectivity index (χ1v) is 10.6. The zero-order chi connectivity index (χ0) is 21.8. The number of benzene rings is 3. The van der Waals surface area contributed by atoms with Gasteiger partial charge >= 0.3 is 0 Å². The van der Waals surface area contributed by atoms with Gasteiger partial charge in [-0.2, -0.15) is 0 Å². The number of carbonyl (C=O) groups excluding carboxylic acids is 1. The predicted octanol–water partition coefficient (Wildman–Crippen LogP) is 4.44. The number of aliphatic hydroxyl groups is 1. The fourth-order valence-electron chi connectivity index (χ4n) is 4.26. The summed E-state index contributed by atoms with van der Waals surface area (Å²) < 4.78 is 13.5. The summed E-state index contributed by atoms with van der Waals surface area (Å²) in [6.45, 7) is 0. The van der Waals surface area contributed by atoms with Gasteiger partial charge in [0.05, 0.1) is 5.60 Å². The Kier molecular flexibility index (Phi) is 6.16. The van der Waals surface area contributed by atoms with Crippen LogP contribution in [0.5, 0.6) is 0 Å². The van der Waals surface area contributed by atoms with Gasteiger partial charge < -0.3 is 16.2 Å². The second-order valence-electron chi connectivity index (χ2n) is 8.29. The van der Waals surface area contributed by atoms with Gasteiger partial charge in [0.15, 0.2) is 0 Å². The van der Waals surface area contributed by atoms with E-state index in [0.29, 0.717) is 31.2 Å². The van der Waals surface area contributed by atoms with E-state index in [1.807, 2.05) is 54.6 Å². The molecule has 5 heteroatoms. The average molecular weight is 419 g/mol. The van der Waals surface area contributed by atoms with Crippen LogP contribution in [0.2, 0.25) is 0 Å². The Labute approximate surface area is 181 Å². The van der Waals surface area contributed by atoms with Gasteiger partial charge in [-0.1, -0.05) is 66.7 Å². The molecule has 4 N–H and O–H groups in total. The summed E-state index contributed by atoms with van der Waals surface area (Å²) in [5, 5.41) is 13.9. The van der Waals surface area contributed by atoms with Crippen molar-refractivity contribution in [2.75, 3.05) is 0 Å². The summed E-state index contributed by atoms with van der Waals surface area (Å²) in [7, 11) is 0. The number of carbonyl (C=O) groups is 1. The summed E-state index contributed by atoms with van der Waals surface area (Å²) in [6.07, 6.45) is 2.14. The van der Waals surface area contributed by atoms with Crippen LogP contribution in [0.15, 0.2) is 78.9 Å². The Morgan fingerprint density at radius 2 is 1.61 bits per heavy atom. The lowest BCUT2D eigenvalue weighted by Gasteiger charge is -2.37. The van der Waals surface area contributed by atoms with E-state index < -0.39 is 11.6 Å². The number of nitrogens with two attached hydrogens (primary N) is 1. The number of hydrogen-bond acceptors (Lipinski definition) is 3. The molecule has 1 atom stereocenters. The number of nitrogens with one attached hydrogen (secondary N) is 1. The SMILES string of the molecule is NC(C(=O)NC1CCC(O)(c2cccc(F)c2)CC1)c1ccc(-c2ccccc2)cc1. The molecule has 1 saturated carbocycles. The molecular weight excluding hydrogens is 391 g/mol. The number of hydrogen-bond donors (Lipinski definition) is 3. The third-order valence-corrected chi connectivity index (χ3v) is 6.18. The summed E-state index contributed by atoms with van der Waals surface area (Å²) in [5.41, 5.74) is 8.67. The number of rotatable bonds is 5. The molecule has 0 aliphatic heterocycles. The van der Waals surface area contributed by atoms with Gasteiger partial charge in [-0.3, -0.25) is 4.79 Å². The standard InChI is InChI=1S/C26H27FN2O2/c27-22-8-4-7-21(17-22)26(31)15-13-23(14-16-26)29-25(30)24(28)20-11-9-19(10-12-20)18-5-2-1-3-6-18/h1-12,17,23-24,31H,13-16,28H2,(H,29,30). The van der Waals surface area contributed by atoms with Crippen molar-refractivity contribution in [2.24, 2.45) is 5.73 Å². The zero-order valence-corrected chi connectivity index (χ0v) is 17.3. The molecule has 3 aromatic carbocycles. The van der Waals surface area contributed by atoms with Gasteiger partial charge in [0, 0.05) is 6.04 Å². The van der Waals surface area contributed by atoms with Gasteiger partial charge in [-0.15, -0.1) is 0 Å². The van der Waals surface area contributed by atoms with Crippen LogP contribution in [-0.4, -0.2) is 17.1 Å². The molecule has 1 unspecified atom stereocenters. The van der Waals surface area contributed by atoms with Gasteiger partial charge in [0.25, 0.3) is 0 Å². The van der Waals surface area contributed by atoms with Gasteiger partial charge in [0.1, 0.15) is 11.9 Å². The monoisotopic (exact) mass is 418 g/mol. The van der Waals surface area contributed by atoms with Crippen molar-refractivity contribution in [1.82, 2.24) is 5.32 Å². The fraction of sp³-hybridized carbons (Fsp3) is 0.269. The maximum absolute atomic E-state index is 13.5. The molecule has 0 aromatic heterocycles. The summed E-state index contributed by atoms with van der Waals surface area (Å²) in [6, 6.07) is 23.0. The summed E-state index contributed by atoms with van der Waals surface area (Å²) >= 11 is 0. The van der Waals surface area contributed by atoms with Crippen molar-refractivity contribution in [3.8, 4) is 11.1 Å². The Morgan fingerprint density at radius 1 is 0.968 bits per heavy atom. The Hall–Kier alpha value is -3.02. The van der Waals surface area contributed by atoms with E-state index in [1.54, 1.807) is 12.1 Å². The fourth-order valence-corrected chi connectivity index (χ4v) is 4.26. The molecule has 0 radical (unpaired) electrons. The molecule has 0 saturated heterocycles. The van der Waals surface area contributed by atoms with Gasteiger partial charge in [-0.05, 0) is 60.1 Å². The van der Waals surface area contributed by atoms with Crippen LogP contribution < -0.4 is 11.1 Å². The molecular formula is C26H27FN2O2. The van der Waals surface area contributed by atoms with Crippen molar-refractivity contribution in [3.63, 3.8) is 0 Å². The average Bonchev–Trinajstić information content (AvgIpc) is 2.81. The van der Waals surface area contributed by atoms with Crippen molar-refractivity contribution < 1.29 is 14.3 Å². The molecule has 3 aromatic rings. The largest absolute Gasteiger partial charge is 0.385 e. The van der Waals surface area contributed by atoms with Crippen molar-refractivity contribution >= 4 is 5.91 Å². The predicted molar refractivity (Wildman–Crippen MR) is 120 cm³/mol. The first-order valence-electron chi connectivity index (χ1n) is 10.6. The third-order valence-electron chi connectivity index (χ3n) is 6.18. The Morgan fingerprint density at radius 3 is 2.26 bits per heavy atom. The minimum atomic E-state index is -1.06. The van der Waals surface area contributed by atoms with E-state index in [1.165, 1.54) is 12.1 Å². The van der Waals surface area contributed by atoms with E-state index >= 15 is 0 Å². The molecule has 0 heterocycles. The normalized spacial score (nSPS) is 22.0. The molecule has 0 spiro atoms. The first kappa shape index (κ1) is 21.2. The molecule has 0 bridgehead atoms. The Balaban J connectivity index is 1.34. The third kappa shape index (κ3) is 4.84. The number of amides is 1. The molecule has 4 nitrogen and oxygen atoms in total. The Bertz CT molecular complexity index is 1030. The highest BCUT2D eigenvalue weighted by atomic mass is 19.1. The molecule has 1 aliphatic carbocycles. The van der Waals surface area contributed by atoms with Crippen LogP contribution in [-0.2, 0) is 10.4 Å². The summed E-state index contributed by atoms with van der Waals surface area (Å²) in [4.78, 5) is 12.7. The topological polar surface area (TPSA) is 75.4 Å². The van der Waals surface area contributed by atoms with Crippen LogP contribution in [0, 0.1) is 5.82 Å². The van der Waals surface area contributed by atoms with Crippen LogP contribution in [0.1, 0.15) is 42.9 Å². The maximum atomic E-state index is 13.5. The van der Waals surface area contributed by atoms with Gasteiger partial charge in [-0.25, -0.2) is 4.39 Å². The second-order valence-corrected chi connectivity index (χ2v) is 8.29. The molecule has 160 valence electrons. The van der Waals surface area contributed by atoms with E-state index in [2.05, 4.69) is 5.32 Å². The van der Waals surface area contributed by atoms with E-state index in [-0.39, 0.29) is 17.8 Å².